The van der Waals surface area contributed by atoms with Gasteiger partial charge in [-0.2, -0.15) is 0 Å². The van der Waals surface area contributed by atoms with Gasteiger partial charge < -0.3 is 14.9 Å². The molecule has 0 fully saturated rings. The van der Waals surface area contributed by atoms with Gasteiger partial charge in [-0.3, -0.25) is 0 Å². The summed E-state index contributed by atoms with van der Waals surface area (Å²) >= 11 is 5.44. The van der Waals surface area contributed by atoms with E-state index >= 15 is 0 Å². The van der Waals surface area contributed by atoms with Gasteiger partial charge in [-0.05, 0) is 0 Å². The van der Waals surface area contributed by atoms with Crippen LogP contribution < -0.4 is 0 Å². The van der Waals surface area contributed by atoms with Gasteiger partial charge in [0.2, 0.25) is 0 Å². The van der Waals surface area contributed by atoms with Gasteiger partial charge >= 0.3 is 0 Å². The topological polar surface area (TPSA) is 49.7 Å². The van der Waals surface area contributed by atoms with Crippen LogP contribution in [-0.4, -0.2) is 34.9 Å². The Morgan fingerprint density at radius 2 is 2.40 bits per heavy atom. The van der Waals surface area contributed by atoms with Crippen LogP contribution in [0.5, 0.6) is 0 Å². The normalized spacial score (nSPS) is 31.7. The molecule has 0 aromatic carbocycles. The first-order valence-electron chi connectivity index (χ1n) is 2.99. The van der Waals surface area contributed by atoms with Crippen molar-refractivity contribution >= 4 is 11.6 Å². The zero-order valence-electron chi connectivity index (χ0n) is 5.33. The SMILES string of the molecule is OC[C@H]1OC=C(CCl)[C@@H]1O. The Bertz CT molecular complexity index is 146. The Labute approximate surface area is 63.9 Å². The highest BCUT2D eigenvalue weighted by atomic mass is 35.5. The van der Waals surface area contributed by atoms with E-state index in [1.807, 2.05) is 0 Å². The Hall–Kier alpha value is -0.250. The van der Waals surface area contributed by atoms with Crippen LogP contribution in [0.2, 0.25) is 0 Å². The Morgan fingerprint density at radius 3 is 2.70 bits per heavy atom. The zero-order valence-corrected chi connectivity index (χ0v) is 6.08. The molecule has 1 aliphatic rings. The van der Waals surface area contributed by atoms with E-state index < -0.39 is 12.2 Å². The molecular weight excluding hydrogens is 156 g/mol. The maximum absolute atomic E-state index is 9.21. The summed E-state index contributed by atoms with van der Waals surface area (Å²) in [4.78, 5) is 0. The smallest absolute Gasteiger partial charge is 0.150 e. The van der Waals surface area contributed by atoms with E-state index in [-0.39, 0.29) is 12.5 Å². The largest absolute Gasteiger partial charge is 0.492 e. The summed E-state index contributed by atoms with van der Waals surface area (Å²) in [5.74, 6) is 0.248. The minimum absolute atomic E-state index is 0.182. The van der Waals surface area contributed by atoms with Gasteiger partial charge in [-0.25, -0.2) is 0 Å². The molecule has 0 bridgehead atoms. The van der Waals surface area contributed by atoms with Gasteiger partial charge in [-0.15, -0.1) is 11.6 Å². The lowest BCUT2D eigenvalue weighted by molar-refractivity contribution is 0.0196. The zero-order chi connectivity index (χ0) is 7.56. The quantitative estimate of drug-likeness (QED) is 0.559. The summed E-state index contributed by atoms with van der Waals surface area (Å²) < 4.78 is 4.87. The summed E-state index contributed by atoms with van der Waals surface area (Å²) in [7, 11) is 0. The Kier molecular flexibility index (Phi) is 2.54. The summed E-state index contributed by atoms with van der Waals surface area (Å²) in [5, 5.41) is 17.8. The molecule has 0 spiro atoms. The second-order valence-corrected chi connectivity index (χ2v) is 2.40. The van der Waals surface area contributed by atoms with Crippen LogP contribution in [0.15, 0.2) is 11.8 Å². The Balaban J connectivity index is 2.51. The second-order valence-electron chi connectivity index (χ2n) is 2.13. The predicted molar refractivity (Wildman–Crippen MR) is 36.8 cm³/mol. The van der Waals surface area contributed by atoms with E-state index in [0.717, 1.165) is 0 Å². The summed E-state index contributed by atoms with van der Waals surface area (Å²) in [6, 6.07) is 0. The average Bonchev–Trinajstić information content (AvgIpc) is 2.30. The third-order valence-electron chi connectivity index (χ3n) is 1.46. The van der Waals surface area contributed by atoms with Crippen LogP contribution in [0.1, 0.15) is 0 Å². The molecule has 0 aliphatic carbocycles. The molecular formula is C6H9ClO3. The first kappa shape index (κ1) is 7.85. The molecule has 1 rings (SSSR count). The summed E-state index contributed by atoms with van der Waals surface area (Å²) in [6.45, 7) is -0.182. The van der Waals surface area contributed by atoms with Crippen molar-refractivity contribution in [3.05, 3.63) is 11.8 Å². The lowest BCUT2D eigenvalue weighted by Crippen LogP contribution is -2.27. The highest BCUT2D eigenvalue weighted by Crippen LogP contribution is 2.18. The average molecular weight is 165 g/mol. The van der Waals surface area contributed by atoms with Gasteiger partial charge in [0, 0.05) is 11.5 Å². The van der Waals surface area contributed by atoms with Gasteiger partial charge in [0.1, 0.15) is 6.10 Å². The standard InChI is InChI=1S/C6H9ClO3/c7-1-4-3-10-5(2-8)6(4)9/h3,5-6,8-9H,1-2H2/t5-,6+/m1/s1. The molecule has 0 unspecified atom stereocenters. The molecule has 4 heteroatoms. The van der Waals surface area contributed by atoms with Gasteiger partial charge in [0.15, 0.2) is 6.10 Å². The minimum atomic E-state index is -0.734. The minimum Gasteiger partial charge on any atom is -0.492 e. The molecule has 10 heavy (non-hydrogen) atoms. The fraction of sp³-hybridized carbons (Fsp3) is 0.667. The molecule has 3 nitrogen and oxygen atoms in total. The van der Waals surface area contributed by atoms with E-state index in [4.69, 9.17) is 21.4 Å². The number of hydrogen-bond donors (Lipinski definition) is 2. The van der Waals surface area contributed by atoms with Crippen molar-refractivity contribution in [1.29, 1.82) is 0 Å². The van der Waals surface area contributed by atoms with E-state index in [1.54, 1.807) is 0 Å². The third kappa shape index (κ3) is 1.26. The number of aliphatic hydroxyl groups is 2. The number of aliphatic hydroxyl groups excluding tert-OH is 2. The molecule has 0 saturated heterocycles. The number of ether oxygens (including phenoxy) is 1. The second kappa shape index (κ2) is 3.23. The molecule has 1 aliphatic heterocycles. The Morgan fingerprint density at radius 1 is 1.70 bits per heavy atom. The van der Waals surface area contributed by atoms with Crippen molar-refractivity contribution in [3.8, 4) is 0 Å². The van der Waals surface area contributed by atoms with Crippen LogP contribution >= 0.6 is 11.6 Å². The summed E-state index contributed by atoms with van der Waals surface area (Å²) in [5.41, 5.74) is 0.626. The van der Waals surface area contributed by atoms with Crippen molar-refractivity contribution < 1.29 is 14.9 Å². The molecule has 0 aromatic rings. The highest BCUT2D eigenvalue weighted by molar-refractivity contribution is 6.19. The highest BCUT2D eigenvalue weighted by Gasteiger charge is 2.28. The van der Waals surface area contributed by atoms with E-state index in [1.165, 1.54) is 6.26 Å². The maximum atomic E-state index is 9.21. The van der Waals surface area contributed by atoms with Crippen molar-refractivity contribution in [1.82, 2.24) is 0 Å². The number of rotatable bonds is 2. The van der Waals surface area contributed by atoms with E-state index in [9.17, 15) is 5.11 Å². The molecule has 0 aromatic heterocycles. The molecule has 0 amide bonds. The molecule has 2 atom stereocenters. The van der Waals surface area contributed by atoms with Crippen LogP contribution in [0.3, 0.4) is 0 Å². The van der Waals surface area contributed by atoms with Gasteiger partial charge in [-0.1, -0.05) is 0 Å². The molecule has 58 valence electrons. The third-order valence-corrected chi connectivity index (χ3v) is 1.77. The van der Waals surface area contributed by atoms with E-state index in [0.29, 0.717) is 5.57 Å². The van der Waals surface area contributed by atoms with Crippen molar-refractivity contribution in [2.75, 3.05) is 12.5 Å². The first-order valence-corrected chi connectivity index (χ1v) is 3.52. The summed E-state index contributed by atoms with van der Waals surface area (Å²) in [6.07, 6.45) is 0.148. The van der Waals surface area contributed by atoms with Crippen LogP contribution in [-0.2, 0) is 4.74 Å². The molecule has 1 heterocycles. The van der Waals surface area contributed by atoms with Crippen LogP contribution in [0.25, 0.3) is 0 Å². The fourth-order valence-electron chi connectivity index (χ4n) is 0.811. The van der Waals surface area contributed by atoms with Crippen LogP contribution in [0, 0.1) is 0 Å². The number of halogens is 1. The molecule has 0 saturated carbocycles. The van der Waals surface area contributed by atoms with Gasteiger partial charge in [0.25, 0.3) is 0 Å². The maximum Gasteiger partial charge on any atom is 0.150 e. The first-order chi connectivity index (χ1) is 4.79. The monoisotopic (exact) mass is 164 g/mol. The lowest BCUT2D eigenvalue weighted by Gasteiger charge is -2.11. The van der Waals surface area contributed by atoms with Crippen molar-refractivity contribution in [2.24, 2.45) is 0 Å². The molecule has 2 N–H and O–H groups in total. The van der Waals surface area contributed by atoms with Crippen LogP contribution in [0.4, 0.5) is 0 Å². The number of alkyl halides is 1. The van der Waals surface area contributed by atoms with Gasteiger partial charge in [0.05, 0.1) is 12.9 Å². The number of hydrogen-bond acceptors (Lipinski definition) is 3. The lowest BCUT2D eigenvalue weighted by atomic mass is 10.1. The van der Waals surface area contributed by atoms with Crippen molar-refractivity contribution in [2.45, 2.75) is 12.2 Å². The van der Waals surface area contributed by atoms with Crippen molar-refractivity contribution in [3.63, 3.8) is 0 Å². The van der Waals surface area contributed by atoms with E-state index in [2.05, 4.69) is 0 Å². The molecule has 0 radical (unpaired) electrons. The fourth-order valence-corrected chi connectivity index (χ4v) is 1.03. The predicted octanol–water partition coefficient (Wildman–Crippen LogP) is -0.139.